The summed E-state index contributed by atoms with van der Waals surface area (Å²) in [5.74, 6) is 2.02. The number of methoxy groups -OCH3 is 3. The summed E-state index contributed by atoms with van der Waals surface area (Å²) >= 11 is 0. The molecule has 0 fully saturated rings. The first-order valence-corrected chi connectivity index (χ1v) is 7.92. The Morgan fingerprint density at radius 2 is 1.74 bits per heavy atom. The van der Waals surface area contributed by atoms with Crippen molar-refractivity contribution >= 4 is 0 Å². The highest BCUT2D eigenvalue weighted by molar-refractivity contribution is 5.55. The molecule has 2 heterocycles. The van der Waals surface area contributed by atoms with Crippen molar-refractivity contribution in [2.24, 2.45) is 0 Å². The van der Waals surface area contributed by atoms with Crippen molar-refractivity contribution in [1.82, 2.24) is 9.47 Å². The largest absolute Gasteiger partial charge is 0.493 e. The van der Waals surface area contributed by atoms with E-state index in [-0.39, 0.29) is 6.04 Å². The molecule has 23 heavy (non-hydrogen) atoms. The van der Waals surface area contributed by atoms with Gasteiger partial charge in [-0.2, -0.15) is 0 Å². The van der Waals surface area contributed by atoms with E-state index >= 15 is 0 Å². The number of rotatable bonds is 5. The molecule has 0 radical (unpaired) electrons. The average Bonchev–Trinajstić information content (AvgIpc) is 3.07. The minimum Gasteiger partial charge on any atom is -0.493 e. The van der Waals surface area contributed by atoms with Crippen molar-refractivity contribution in [3.63, 3.8) is 0 Å². The van der Waals surface area contributed by atoms with Crippen LogP contribution in [-0.2, 0) is 6.54 Å². The molecule has 0 spiro atoms. The van der Waals surface area contributed by atoms with Crippen molar-refractivity contribution in [3.05, 3.63) is 41.7 Å². The van der Waals surface area contributed by atoms with E-state index in [1.807, 2.05) is 0 Å². The summed E-state index contributed by atoms with van der Waals surface area (Å²) < 4.78 is 18.8. The zero-order chi connectivity index (χ0) is 16.4. The SMILES string of the molecule is CCN1CCn2cccc2C1c1cc(OC)c(OC)c(OC)c1. The van der Waals surface area contributed by atoms with Gasteiger partial charge in [-0.1, -0.05) is 6.92 Å². The highest BCUT2D eigenvalue weighted by Gasteiger charge is 2.29. The fraction of sp³-hybridized carbons (Fsp3) is 0.444. The van der Waals surface area contributed by atoms with E-state index in [1.54, 1.807) is 21.3 Å². The lowest BCUT2D eigenvalue weighted by Gasteiger charge is -2.37. The van der Waals surface area contributed by atoms with Crippen LogP contribution in [-0.4, -0.2) is 43.9 Å². The predicted molar refractivity (Wildman–Crippen MR) is 89.6 cm³/mol. The van der Waals surface area contributed by atoms with Crippen molar-refractivity contribution in [3.8, 4) is 17.2 Å². The normalized spacial score (nSPS) is 17.7. The highest BCUT2D eigenvalue weighted by atomic mass is 16.5. The summed E-state index contributed by atoms with van der Waals surface area (Å²) in [5.41, 5.74) is 2.45. The second-order valence-electron chi connectivity index (χ2n) is 5.62. The smallest absolute Gasteiger partial charge is 0.203 e. The van der Waals surface area contributed by atoms with Crippen molar-refractivity contribution < 1.29 is 14.2 Å². The van der Waals surface area contributed by atoms with Crippen LogP contribution in [0.15, 0.2) is 30.5 Å². The molecular formula is C18H24N2O3. The minimum atomic E-state index is 0.192. The van der Waals surface area contributed by atoms with E-state index in [0.717, 1.165) is 25.2 Å². The van der Waals surface area contributed by atoms with Crippen molar-refractivity contribution in [2.45, 2.75) is 19.5 Å². The van der Waals surface area contributed by atoms with Gasteiger partial charge in [-0.15, -0.1) is 0 Å². The van der Waals surface area contributed by atoms with Gasteiger partial charge in [-0.05, 0) is 36.4 Å². The molecule has 3 rings (SSSR count). The van der Waals surface area contributed by atoms with Crippen LogP contribution in [0.5, 0.6) is 17.2 Å². The van der Waals surface area contributed by atoms with Gasteiger partial charge >= 0.3 is 0 Å². The van der Waals surface area contributed by atoms with Crippen LogP contribution in [0.2, 0.25) is 0 Å². The third-order valence-electron chi connectivity index (χ3n) is 4.55. The third-order valence-corrected chi connectivity index (χ3v) is 4.55. The molecule has 2 aromatic rings. The maximum atomic E-state index is 5.52. The van der Waals surface area contributed by atoms with Crippen molar-refractivity contribution in [1.29, 1.82) is 0 Å². The van der Waals surface area contributed by atoms with Crippen LogP contribution in [0, 0.1) is 0 Å². The van der Waals surface area contributed by atoms with E-state index in [2.05, 4.69) is 46.9 Å². The second kappa shape index (κ2) is 6.54. The first-order valence-electron chi connectivity index (χ1n) is 7.92. The molecule has 1 aromatic carbocycles. The molecule has 5 heteroatoms. The quantitative estimate of drug-likeness (QED) is 0.850. The molecule has 1 aromatic heterocycles. The molecule has 0 saturated carbocycles. The van der Waals surface area contributed by atoms with Gasteiger partial charge in [-0.3, -0.25) is 4.90 Å². The van der Waals surface area contributed by atoms with Crippen LogP contribution in [0.25, 0.3) is 0 Å². The van der Waals surface area contributed by atoms with Crippen LogP contribution in [0.1, 0.15) is 24.2 Å². The first-order chi connectivity index (χ1) is 11.2. The van der Waals surface area contributed by atoms with Crippen LogP contribution in [0.4, 0.5) is 0 Å². The summed E-state index contributed by atoms with van der Waals surface area (Å²) in [4.78, 5) is 2.47. The fourth-order valence-corrected chi connectivity index (χ4v) is 3.41. The van der Waals surface area contributed by atoms with Gasteiger partial charge in [-0.25, -0.2) is 0 Å². The highest BCUT2D eigenvalue weighted by Crippen LogP contribution is 2.42. The van der Waals surface area contributed by atoms with Crippen LogP contribution in [0.3, 0.4) is 0 Å². The molecule has 0 N–H and O–H groups in total. The molecule has 1 aliphatic heterocycles. The standard InChI is InChI=1S/C18H24N2O3/c1-5-19-9-10-20-8-6-7-14(20)17(19)13-11-15(21-2)18(23-4)16(12-13)22-3/h6-8,11-12,17H,5,9-10H2,1-4H3. The molecule has 0 aliphatic carbocycles. The Bertz CT molecular complexity index is 656. The Balaban J connectivity index is 2.13. The number of hydrogen-bond acceptors (Lipinski definition) is 4. The molecule has 0 saturated heterocycles. The minimum absolute atomic E-state index is 0.192. The third kappa shape index (κ3) is 2.65. The molecule has 124 valence electrons. The Hall–Kier alpha value is -2.14. The summed E-state index contributed by atoms with van der Waals surface area (Å²) in [6.07, 6.45) is 2.15. The molecule has 1 aliphatic rings. The maximum absolute atomic E-state index is 5.52. The van der Waals surface area contributed by atoms with E-state index in [1.165, 1.54) is 5.69 Å². The molecular weight excluding hydrogens is 292 g/mol. The lowest BCUT2D eigenvalue weighted by molar-refractivity contribution is 0.192. The summed E-state index contributed by atoms with van der Waals surface area (Å²) in [5, 5.41) is 0. The molecule has 5 nitrogen and oxygen atoms in total. The Morgan fingerprint density at radius 1 is 1.04 bits per heavy atom. The van der Waals surface area contributed by atoms with E-state index < -0.39 is 0 Å². The van der Waals surface area contributed by atoms with E-state index in [9.17, 15) is 0 Å². The monoisotopic (exact) mass is 316 g/mol. The fourth-order valence-electron chi connectivity index (χ4n) is 3.41. The number of aromatic nitrogens is 1. The van der Waals surface area contributed by atoms with Gasteiger partial charge in [0.1, 0.15) is 0 Å². The molecule has 0 amide bonds. The number of likely N-dealkylation sites (N-methyl/N-ethyl adjacent to an activating group) is 1. The number of nitrogens with zero attached hydrogens (tertiary/aromatic N) is 2. The zero-order valence-electron chi connectivity index (χ0n) is 14.2. The van der Waals surface area contributed by atoms with Gasteiger partial charge in [0, 0.05) is 25.0 Å². The van der Waals surface area contributed by atoms with Crippen LogP contribution >= 0.6 is 0 Å². The summed E-state index contributed by atoms with van der Waals surface area (Å²) in [6.45, 7) is 5.24. The number of benzene rings is 1. The Labute approximate surface area is 137 Å². The van der Waals surface area contributed by atoms with Gasteiger partial charge in [0.2, 0.25) is 5.75 Å². The van der Waals surface area contributed by atoms with Crippen molar-refractivity contribution in [2.75, 3.05) is 34.4 Å². The van der Waals surface area contributed by atoms with Crippen LogP contribution < -0.4 is 14.2 Å². The number of fused-ring (bicyclic) bond motifs is 1. The lowest BCUT2D eigenvalue weighted by Crippen LogP contribution is -2.38. The second-order valence-corrected chi connectivity index (χ2v) is 5.62. The van der Waals surface area contributed by atoms with Gasteiger partial charge in [0.15, 0.2) is 11.5 Å². The Morgan fingerprint density at radius 3 is 2.30 bits per heavy atom. The average molecular weight is 316 g/mol. The molecule has 1 atom stereocenters. The predicted octanol–water partition coefficient (Wildman–Crippen LogP) is 2.94. The van der Waals surface area contributed by atoms with Gasteiger partial charge in [0.05, 0.1) is 27.4 Å². The maximum Gasteiger partial charge on any atom is 0.203 e. The van der Waals surface area contributed by atoms with E-state index in [0.29, 0.717) is 17.2 Å². The number of ether oxygens (including phenoxy) is 3. The zero-order valence-corrected chi connectivity index (χ0v) is 14.2. The molecule has 0 bridgehead atoms. The number of hydrogen-bond donors (Lipinski definition) is 0. The van der Waals surface area contributed by atoms with E-state index in [4.69, 9.17) is 14.2 Å². The molecule has 1 unspecified atom stereocenters. The Kier molecular flexibility index (Phi) is 4.48. The first kappa shape index (κ1) is 15.7. The lowest BCUT2D eigenvalue weighted by atomic mass is 9.99. The van der Waals surface area contributed by atoms with Gasteiger partial charge in [0.25, 0.3) is 0 Å². The topological polar surface area (TPSA) is 35.9 Å². The summed E-state index contributed by atoms with van der Waals surface area (Å²) in [7, 11) is 4.94. The summed E-state index contributed by atoms with van der Waals surface area (Å²) in [6, 6.07) is 8.60. The van der Waals surface area contributed by atoms with Gasteiger partial charge < -0.3 is 18.8 Å².